The quantitative estimate of drug-likeness (QED) is 0.763. The van der Waals surface area contributed by atoms with E-state index in [-0.39, 0.29) is 6.04 Å². The first-order chi connectivity index (χ1) is 9.31. The maximum atomic E-state index is 11.6. The largest absolute Gasteiger partial charge is 0.357 e. The minimum absolute atomic E-state index is 0.161. The van der Waals surface area contributed by atoms with Crippen LogP contribution in [0.4, 0.5) is 5.69 Å². The van der Waals surface area contributed by atoms with E-state index in [2.05, 4.69) is 36.1 Å². The van der Waals surface area contributed by atoms with Gasteiger partial charge in [-0.15, -0.1) is 0 Å². The van der Waals surface area contributed by atoms with Crippen molar-refractivity contribution in [1.29, 1.82) is 0 Å². The number of para-hydroxylation sites is 1. The molecule has 0 spiro atoms. The normalized spacial score (nSPS) is 17.9. The molecular weight excluding hydrogens is 234 g/mol. The molecule has 0 aliphatic carbocycles. The molecule has 1 atom stereocenters. The summed E-state index contributed by atoms with van der Waals surface area (Å²) in [6, 6.07) is 16.3. The molecule has 0 saturated carbocycles. The molecule has 0 bridgehead atoms. The zero-order valence-electron chi connectivity index (χ0n) is 11.0. The highest BCUT2D eigenvalue weighted by atomic mass is 16.1. The molecule has 1 heterocycles. The summed E-state index contributed by atoms with van der Waals surface area (Å²) in [5.74, 6) is 0. The van der Waals surface area contributed by atoms with Crippen LogP contribution in [0.15, 0.2) is 48.5 Å². The summed E-state index contributed by atoms with van der Waals surface area (Å²) in [4.78, 5) is 13.8. The lowest BCUT2D eigenvalue weighted by atomic mass is 9.92. The number of aldehydes is 1. The smallest absolute Gasteiger partial charge is 0.146 e. The molecule has 0 amide bonds. The van der Waals surface area contributed by atoms with Crippen LogP contribution in [0.1, 0.15) is 22.7 Å². The number of benzene rings is 2. The average molecular weight is 251 g/mol. The number of fused-ring (bicyclic) bond motifs is 1. The van der Waals surface area contributed by atoms with Crippen molar-refractivity contribution < 1.29 is 4.79 Å². The van der Waals surface area contributed by atoms with Gasteiger partial charge in [0.1, 0.15) is 12.3 Å². The summed E-state index contributed by atoms with van der Waals surface area (Å²) in [6.45, 7) is 2.99. The standard InChI is InChI=1S/C17H17NO/c1-13-6-2-5-9-16(13)18-11-10-14-7-3-4-8-15(14)17(18)12-19/h2-9,12,17H,10-11H2,1H3. The summed E-state index contributed by atoms with van der Waals surface area (Å²) in [7, 11) is 0. The number of rotatable bonds is 2. The van der Waals surface area contributed by atoms with E-state index in [4.69, 9.17) is 0 Å². The summed E-state index contributed by atoms with van der Waals surface area (Å²) in [5.41, 5.74) is 4.82. The third-order valence-corrected chi connectivity index (χ3v) is 3.89. The van der Waals surface area contributed by atoms with Crippen molar-refractivity contribution >= 4 is 12.0 Å². The minimum atomic E-state index is -0.161. The van der Waals surface area contributed by atoms with E-state index in [1.807, 2.05) is 24.3 Å². The van der Waals surface area contributed by atoms with Gasteiger partial charge in [0.15, 0.2) is 0 Å². The minimum Gasteiger partial charge on any atom is -0.357 e. The Balaban J connectivity index is 2.06. The van der Waals surface area contributed by atoms with Crippen LogP contribution in [0.2, 0.25) is 0 Å². The molecule has 1 aliphatic heterocycles. The molecule has 2 aromatic rings. The molecule has 0 saturated heterocycles. The van der Waals surface area contributed by atoms with E-state index in [0.717, 1.165) is 30.5 Å². The molecule has 1 aliphatic rings. The van der Waals surface area contributed by atoms with Gasteiger partial charge in [-0.1, -0.05) is 42.5 Å². The number of carbonyl (C=O) groups is 1. The first-order valence-corrected chi connectivity index (χ1v) is 6.66. The van der Waals surface area contributed by atoms with E-state index < -0.39 is 0 Å². The van der Waals surface area contributed by atoms with Crippen LogP contribution in [0, 0.1) is 6.92 Å². The predicted molar refractivity (Wildman–Crippen MR) is 77.5 cm³/mol. The van der Waals surface area contributed by atoms with Crippen molar-refractivity contribution in [3.63, 3.8) is 0 Å². The van der Waals surface area contributed by atoms with Crippen molar-refractivity contribution in [3.05, 3.63) is 65.2 Å². The summed E-state index contributed by atoms with van der Waals surface area (Å²) in [5, 5.41) is 0. The maximum Gasteiger partial charge on any atom is 0.146 e. The lowest BCUT2D eigenvalue weighted by Gasteiger charge is -2.36. The molecule has 0 aromatic heterocycles. The first kappa shape index (κ1) is 12.0. The van der Waals surface area contributed by atoms with Crippen LogP contribution in [0.5, 0.6) is 0 Å². The average Bonchev–Trinajstić information content (AvgIpc) is 2.46. The number of nitrogens with zero attached hydrogens (tertiary/aromatic N) is 1. The van der Waals surface area contributed by atoms with Crippen LogP contribution in [0.3, 0.4) is 0 Å². The number of hydrogen-bond donors (Lipinski definition) is 0. The number of carbonyl (C=O) groups excluding carboxylic acids is 1. The van der Waals surface area contributed by atoms with Gasteiger partial charge in [-0.05, 0) is 36.1 Å². The SMILES string of the molecule is Cc1ccccc1N1CCc2ccccc2C1C=O. The van der Waals surface area contributed by atoms with Crippen LogP contribution in [-0.2, 0) is 11.2 Å². The van der Waals surface area contributed by atoms with Gasteiger partial charge in [-0.3, -0.25) is 0 Å². The Hall–Kier alpha value is -2.09. The molecule has 3 rings (SSSR count). The third-order valence-electron chi connectivity index (χ3n) is 3.89. The van der Waals surface area contributed by atoms with Crippen LogP contribution in [0.25, 0.3) is 0 Å². The van der Waals surface area contributed by atoms with Gasteiger partial charge < -0.3 is 9.69 Å². The van der Waals surface area contributed by atoms with Crippen molar-refractivity contribution in [3.8, 4) is 0 Å². The highest BCUT2D eigenvalue weighted by Gasteiger charge is 2.27. The Kier molecular flexibility index (Phi) is 3.08. The summed E-state index contributed by atoms with van der Waals surface area (Å²) in [6.07, 6.45) is 2.05. The molecule has 96 valence electrons. The topological polar surface area (TPSA) is 20.3 Å². The van der Waals surface area contributed by atoms with Crippen molar-refractivity contribution in [1.82, 2.24) is 0 Å². The van der Waals surface area contributed by atoms with Gasteiger partial charge in [-0.2, -0.15) is 0 Å². The van der Waals surface area contributed by atoms with E-state index in [0.29, 0.717) is 0 Å². The fourth-order valence-corrected chi connectivity index (χ4v) is 2.90. The molecule has 0 radical (unpaired) electrons. The molecule has 0 fully saturated rings. The number of hydrogen-bond acceptors (Lipinski definition) is 2. The van der Waals surface area contributed by atoms with Crippen molar-refractivity contribution in [2.45, 2.75) is 19.4 Å². The molecule has 0 N–H and O–H groups in total. The molecule has 2 nitrogen and oxygen atoms in total. The number of anilines is 1. The van der Waals surface area contributed by atoms with Gasteiger partial charge >= 0.3 is 0 Å². The Bertz CT molecular complexity index is 606. The second kappa shape index (κ2) is 4.88. The van der Waals surface area contributed by atoms with E-state index in [9.17, 15) is 4.79 Å². The lowest BCUT2D eigenvalue weighted by molar-refractivity contribution is -0.109. The predicted octanol–water partition coefficient (Wildman–Crippen LogP) is 3.30. The fraction of sp³-hybridized carbons (Fsp3) is 0.235. The Morgan fingerprint density at radius 3 is 2.63 bits per heavy atom. The van der Waals surface area contributed by atoms with Crippen molar-refractivity contribution in [2.75, 3.05) is 11.4 Å². The van der Waals surface area contributed by atoms with E-state index >= 15 is 0 Å². The van der Waals surface area contributed by atoms with Gasteiger partial charge in [0, 0.05) is 12.2 Å². The number of aryl methyl sites for hydroxylation is 1. The Labute approximate surface area is 113 Å². The van der Waals surface area contributed by atoms with Gasteiger partial charge in [0.05, 0.1) is 0 Å². The van der Waals surface area contributed by atoms with E-state index in [1.165, 1.54) is 11.1 Å². The molecule has 1 unspecified atom stereocenters. The van der Waals surface area contributed by atoms with Gasteiger partial charge in [-0.25, -0.2) is 0 Å². The first-order valence-electron chi connectivity index (χ1n) is 6.66. The second-order valence-electron chi connectivity index (χ2n) is 5.01. The highest BCUT2D eigenvalue weighted by molar-refractivity contribution is 5.72. The fourth-order valence-electron chi connectivity index (χ4n) is 2.90. The molecule has 2 heteroatoms. The van der Waals surface area contributed by atoms with Crippen molar-refractivity contribution in [2.24, 2.45) is 0 Å². The summed E-state index contributed by atoms with van der Waals surface area (Å²) >= 11 is 0. The highest BCUT2D eigenvalue weighted by Crippen LogP contribution is 2.33. The molecule has 19 heavy (non-hydrogen) atoms. The Morgan fingerprint density at radius 1 is 1.11 bits per heavy atom. The van der Waals surface area contributed by atoms with Gasteiger partial charge in [0.25, 0.3) is 0 Å². The summed E-state index contributed by atoms with van der Waals surface area (Å²) < 4.78 is 0. The zero-order chi connectivity index (χ0) is 13.2. The third kappa shape index (κ3) is 2.03. The lowest BCUT2D eigenvalue weighted by Crippen LogP contribution is -2.36. The second-order valence-corrected chi connectivity index (χ2v) is 5.01. The van der Waals surface area contributed by atoms with Crippen LogP contribution >= 0.6 is 0 Å². The van der Waals surface area contributed by atoms with Gasteiger partial charge in [0.2, 0.25) is 0 Å². The van der Waals surface area contributed by atoms with Crippen LogP contribution < -0.4 is 4.90 Å². The Morgan fingerprint density at radius 2 is 1.84 bits per heavy atom. The molecular formula is C17H17NO. The zero-order valence-corrected chi connectivity index (χ0v) is 11.0. The molecule has 2 aromatic carbocycles. The van der Waals surface area contributed by atoms with E-state index in [1.54, 1.807) is 0 Å². The van der Waals surface area contributed by atoms with Crippen LogP contribution in [-0.4, -0.2) is 12.8 Å². The monoisotopic (exact) mass is 251 g/mol. The maximum absolute atomic E-state index is 11.6.